The van der Waals surface area contributed by atoms with Crippen molar-refractivity contribution in [2.75, 3.05) is 0 Å². The lowest BCUT2D eigenvalue weighted by Crippen LogP contribution is -1.97. The van der Waals surface area contributed by atoms with Gasteiger partial charge in [0.05, 0.1) is 0 Å². The molecule has 0 saturated carbocycles. The highest BCUT2D eigenvalue weighted by atomic mass is 32.2. The van der Waals surface area contributed by atoms with E-state index in [1.165, 1.54) is 11.1 Å². The smallest absolute Gasteiger partial charge is 0.191 e. The van der Waals surface area contributed by atoms with Gasteiger partial charge in [0, 0.05) is 19.2 Å². The first-order valence-corrected chi connectivity index (χ1v) is 6.76. The number of hydrogen-bond acceptors (Lipinski definition) is 3. The molecule has 2 rings (SSSR count). The normalized spacial score (nSPS) is 10.8. The van der Waals surface area contributed by atoms with Crippen LogP contribution in [0.2, 0.25) is 0 Å². The van der Waals surface area contributed by atoms with Crippen molar-refractivity contribution in [2.24, 2.45) is 7.05 Å². The van der Waals surface area contributed by atoms with Crippen LogP contribution in [0, 0.1) is 6.92 Å². The zero-order valence-corrected chi connectivity index (χ0v) is 11.3. The Bertz CT molecular complexity index is 505. The maximum atomic E-state index is 4.20. The quantitative estimate of drug-likeness (QED) is 0.778. The van der Waals surface area contributed by atoms with Gasteiger partial charge < -0.3 is 4.57 Å². The Kier molecular flexibility index (Phi) is 3.84. The first-order valence-electron chi connectivity index (χ1n) is 5.77. The van der Waals surface area contributed by atoms with Gasteiger partial charge in [0.1, 0.15) is 5.82 Å². The minimum atomic E-state index is 0.925. The Balaban J connectivity index is 2.05. The highest BCUT2D eigenvalue weighted by Crippen LogP contribution is 2.21. The number of aromatic nitrogens is 3. The molecular formula is C13H17N3S. The molecule has 0 fully saturated rings. The summed E-state index contributed by atoms with van der Waals surface area (Å²) >= 11 is 1.73. The molecule has 0 unspecified atom stereocenters. The first kappa shape index (κ1) is 12.2. The number of thioether (sulfide) groups is 1. The summed E-state index contributed by atoms with van der Waals surface area (Å²) in [5.74, 6) is 1.98. The molecular weight excluding hydrogens is 230 g/mol. The molecule has 0 aliphatic rings. The van der Waals surface area contributed by atoms with Gasteiger partial charge >= 0.3 is 0 Å². The lowest BCUT2D eigenvalue weighted by molar-refractivity contribution is 0.741. The molecule has 90 valence electrons. The van der Waals surface area contributed by atoms with Crippen LogP contribution in [0.25, 0.3) is 0 Å². The van der Waals surface area contributed by atoms with Crippen LogP contribution in [-0.2, 0) is 19.2 Å². The van der Waals surface area contributed by atoms with Crippen molar-refractivity contribution in [3.05, 3.63) is 41.2 Å². The van der Waals surface area contributed by atoms with Crippen molar-refractivity contribution in [1.82, 2.24) is 14.8 Å². The van der Waals surface area contributed by atoms with Gasteiger partial charge in [0.15, 0.2) is 5.16 Å². The molecule has 3 nitrogen and oxygen atoms in total. The van der Waals surface area contributed by atoms with Crippen molar-refractivity contribution in [1.29, 1.82) is 0 Å². The predicted octanol–water partition coefficient (Wildman–Crippen LogP) is 2.98. The summed E-state index contributed by atoms with van der Waals surface area (Å²) < 4.78 is 2.07. The number of nitrogens with zero attached hydrogens (tertiary/aromatic N) is 3. The minimum Gasteiger partial charge on any atom is -0.309 e. The molecule has 1 aromatic heterocycles. The fourth-order valence-electron chi connectivity index (χ4n) is 1.73. The number of hydrogen-bond donors (Lipinski definition) is 0. The average Bonchev–Trinajstić information content (AvgIpc) is 2.67. The Labute approximate surface area is 106 Å². The Morgan fingerprint density at radius 3 is 2.76 bits per heavy atom. The van der Waals surface area contributed by atoms with Crippen LogP contribution in [0.5, 0.6) is 0 Å². The molecule has 2 aromatic rings. The van der Waals surface area contributed by atoms with Crippen LogP contribution in [0.15, 0.2) is 29.4 Å². The maximum Gasteiger partial charge on any atom is 0.191 e. The standard InChI is InChI=1S/C13H17N3S/c1-4-12-14-15-13(16(12)3)17-9-11-7-5-6-10(2)8-11/h5-8H,4,9H2,1-3H3. The van der Waals surface area contributed by atoms with E-state index >= 15 is 0 Å². The second kappa shape index (κ2) is 5.36. The van der Waals surface area contributed by atoms with Crippen LogP contribution in [0.3, 0.4) is 0 Å². The third-order valence-electron chi connectivity index (χ3n) is 2.69. The number of benzene rings is 1. The lowest BCUT2D eigenvalue weighted by Gasteiger charge is -2.03. The van der Waals surface area contributed by atoms with Crippen molar-refractivity contribution >= 4 is 11.8 Å². The lowest BCUT2D eigenvalue weighted by atomic mass is 10.2. The molecule has 0 aliphatic carbocycles. The van der Waals surface area contributed by atoms with E-state index in [-0.39, 0.29) is 0 Å². The molecule has 0 aliphatic heterocycles. The van der Waals surface area contributed by atoms with Crippen LogP contribution >= 0.6 is 11.8 Å². The zero-order valence-electron chi connectivity index (χ0n) is 10.5. The summed E-state index contributed by atoms with van der Waals surface area (Å²) in [7, 11) is 2.03. The van der Waals surface area contributed by atoms with E-state index in [4.69, 9.17) is 0 Å². The van der Waals surface area contributed by atoms with Gasteiger partial charge in [-0.05, 0) is 12.5 Å². The second-order valence-electron chi connectivity index (χ2n) is 4.09. The molecule has 0 spiro atoms. The molecule has 0 N–H and O–H groups in total. The van der Waals surface area contributed by atoms with Crippen LogP contribution in [0.4, 0.5) is 0 Å². The SMILES string of the molecule is CCc1nnc(SCc2cccc(C)c2)n1C. The summed E-state index contributed by atoms with van der Waals surface area (Å²) in [6.07, 6.45) is 0.925. The van der Waals surface area contributed by atoms with Gasteiger partial charge in [-0.15, -0.1) is 10.2 Å². The van der Waals surface area contributed by atoms with Gasteiger partial charge in [-0.2, -0.15) is 0 Å². The molecule has 0 atom stereocenters. The van der Waals surface area contributed by atoms with Crippen LogP contribution < -0.4 is 0 Å². The van der Waals surface area contributed by atoms with E-state index in [1.807, 2.05) is 7.05 Å². The average molecular weight is 247 g/mol. The Hall–Kier alpha value is -1.29. The maximum absolute atomic E-state index is 4.20. The third-order valence-corrected chi connectivity index (χ3v) is 3.78. The van der Waals surface area contributed by atoms with Crippen molar-refractivity contribution in [3.8, 4) is 0 Å². The van der Waals surface area contributed by atoms with E-state index < -0.39 is 0 Å². The molecule has 1 heterocycles. The van der Waals surface area contributed by atoms with Gasteiger partial charge in [0.25, 0.3) is 0 Å². The third kappa shape index (κ3) is 2.88. The highest BCUT2D eigenvalue weighted by molar-refractivity contribution is 7.98. The van der Waals surface area contributed by atoms with E-state index in [9.17, 15) is 0 Å². The van der Waals surface area contributed by atoms with Gasteiger partial charge in [-0.3, -0.25) is 0 Å². The molecule has 0 bridgehead atoms. The van der Waals surface area contributed by atoms with E-state index in [0.717, 1.165) is 23.2 Å². The molecule has 1 aromatic carbocycles. The fraction of sp³-hybridized carbons (Fsp3) is 0.385. The minimum absolute atomic E-state index is 0.925. The van der Waals surface area contributed by atoms with Crippen LogP contribution in [-0.4, -0.2) is 14.8 Å². The summed E-state index contributed by atoms with van der Waals surface area (Å²) in [6.45, 7) is 4.21. The van der Waals surface area contributed by atoms with Crippen molar-refractivity contribution in [2.45, 2.75) is 31.2 Å². The molecule has 17 heavy (non-hydrogen) atoms. The van der Waals surface area contributed by atoms with Gasteiger partial charge in [-0.25, -0.2) is 0 Å². The van der Waals surface area contributed by atoms with Gasteiger partial charge in [0.2, 0.25) is 0 Å². The van der Waals surface area contributed by atoms with Crippen molar-refractivity contribution < 1.29 is 0 Å². The van der Waals surface area contributed by atoms with Crippen LogP contribution in [0.1, 0.15) is 23.9 Å². The summed E-state index contributed by atoms with van der Waals surface area (Å²) in [4.78, 5) is 0. The molecule has 4 heteroatoms. The number of rotatable bonds is 4. The zero-order chi connectivity index (χ0) is 12.3. The Morgan fingerprint density at radius 2 is 2.12 bits per heavy atom. The van der Waals surface area contributed by atoms with E-state index in [2.05, 4.69) is 52.9 Å². The molecule has 0 saturated heterocycles. The Morgan fingerprint density at radius 1 is 1.29 bits per heavy atom. The van der Waals surface area contributed by atoms with E-state index in [1.54, 1.807) is 11.8 Å². The van der Waals surface area contributed by atoms with Crippen molar-refractivity contribution in [3.63, 3.8) is 0 Å². The van der Waals surface area contributed by atoms with E-state index in [0.29, 0.717) is 0 Å². The fourth-order valence-corrected chi connectivity index (χ4v) is 2.60. The monoisotopic (exact) mass is 247 g/mol. The summed E-state index contributed by atoms with van der Waals surface area (Å²) in [6, 6.07) is 8.58. The first-order chi connectivity index (χ1) is 8.20. The number of aryl methyl sites for hydroxylation is 2. The largest absolute Gasteiger partial charge is 0.309 e. The second-order valence-corrected chi connectivity index (χ2v) is 5.03. The predicted molar refractivity (Wildman–Crippen MR) is 71.1 cm³/mol. The molecule has 0 amide bonds. The topological polar surface area (TPSA) is 30.7 Å². The summed E-state index contributed by atoms with van der Waals surface area (Å²) in [5.41, 5.74) is 2.63. The molecule has 0 radical (unpaired) electrons. The van der Waals surface area contributed by atoms with Gasteiger partial charge in [-0.1, -0.05) is 48.5 Å². The summed E-state index contributed by atoms with van der Waals surface area (Å²) in [5, 5.41) is 9.35. The highest BCUT2D eigenvalue weighted by Gasteiger charge is 2.07.